The minimum Gasteiger partial charge on any atom is -0.497 e. The van der Waals surface area contributed by atoms with Crippen LogP contribution >= 0.6 is 0 Å². The molecule has 10 heteroatoms. The van der Waals surface area contributed by atoms with E-state index in [0.29, 0.717) is 5.56 Å². The Morgan fingerprint density at radius 1 is 0.538 bits per heavy atom. The summed E-state index contributed by atoms with van der Waals surface area (Å²) in [6.07, 6.45) is -1.53. The summed E-state index contributed by atoms with van der Waals surface area (Å²) in [6, 6.07) is 31.8. The molecule has 0 saturated heterocycles. The first-order valence-corrected chi connectivity index (χ1v) is 17.0. The number of hydrogen-bond acceptors (Lipinski definition) is 10. The third-order valence-corrected chi connectivity index (χ3v) is 8.75. The van der Waals surface area contributed by atoms with E-state index in [-0.39, 0.29) is 32.7 Å². The molecule has 5 aromatic carbocycles. The fraction of sp³-hybridized carbons (Fsp3) is 0.286. The lowest BCUT2D eigenvalue weighted by Crippen LogP contribution is -2.33. The normalized spacial score (nSPS) is 12.7. The molecule has 0 bridgehead atoms. The number of carbonyl (C=O) groups excluding carboxylic acids is 4. The molecule has 0 fully saturated rings. The second kappa shape index (κ2) is 17.8. The molecule has 52 heavy (non-hydrogen) atoms. The molecule has 0 spiro atoms. The van der Waals surface area contributed by atoms with E-state index in [1.807, 2.05) is 103 Å². The molecule has 0 amide bonds. The van der Waals surface area contributed by atoms with Crippen LogP contribution in [0.4, 0.5) is 0 Å². The standard InChI is InChI=1S/C42H42O10/c1-27(30-10-12-34-22-36(47-3)16-14-32(34)20-30)41(45)51-26-38(25-50-40(44)19-18-39(43)49-24-29-8-6-5-7-9-29)52-42(46)28(2)31-11-13-35-23-37(48-4)17-15-33(35)21-31/h5-17,20-23,27-28,38H,18-19,24-26H2,1-4H3/t27-,28-,38?/m0/s1. The molecule has 270 valence electrons. The van der Waals surface area contributed by atoms with Crippen molar-refractivity contribution in [1.29, 1.82) is 0 Å². The van der Waals surface area contributed by atoms with Gasteiger partial charge in [0, 0.05) is 0 Å². The third-order valence-electron chi connectivity index (χ3n) is 8.75. The number of ether oxygens (including phenoxy) is 6. The van der Waals surface area contributed by atoms with Crippen LogP contribution in [0.3, 0.4) is 0 Å². The molecule has 0 radical (unpaired) electrons. The van der Waals surface area contributed by atoms with E-state index < -0.39 is 41.8 Å². The molecular weight excluding hydrogens is 664 g/mol. The van der Waals surface area contributed by atoms with Crippen LogP contribution in [0.15, 0.2) is 103 Å². The predicted molar refractivity (Wildman–Crippen MR) is 195 cm³/mol. The number of esters is 4. The topological polar surface area (TPSA) is 124 Å². The van der Waals surface area contributed by atoms with Gasteiger partial charge in [-0.1, -0.05) is 78.9 Å². The van der Waals surface area contributed by atoms with Crippen LogP contribution < -0.4 is 9.47 Å². The maximum absolute atomic E-state index is 13.4. The fourth-order valence-corrected chi connectivity index (χ4v) is 5.50. The summed E-state index contributed by atoms with van der Waals surface area (Å²) in [4.78, 5) is 51.5. The van der Waals surface area contributed by atoms with Gasteiger partial charge in [-0.25, -0.2) is 0 Å². The summed E-state index contributed by atoms with van der Waals surface area (Å²) in [7, 11) is 3.20. The van der Waals surface area contributed by atoms with E-state index in [2.05, 4.69) is 0 Å². The first kappa shape index (κ1) is 37.4. The van der Waals surface area contributed by atoms with E-state index in [1.54, 1.807) is 28.1 Å². The van der Waals surface area contributed by atoms with Crippen molar-refractivity contribution in [2.24, 2.45) is 0 Å². The zero-order valence-electron chi connectivity index (χ0n) is 29.7. The quantitative estimate of drug-likeness (QED) is 0.0756. The molecular formula is C42H42O10. The molecule has 0 N–H and O–H groups in total. The number of rotatable bonds is 16. The van der Waals surface area contributed by atoms with Gasteiger partial charge in [-0.2, -0.15) is 0 Å². The lowest BCUT2D eigenvalue weighted by molar-refractivity contribution is -0.168. The Kier molecular flexibility index (Phi) is 12.8. The van der Waals surface area contributed by atoms with Gasteiger partial charge < -0.3 is 28.4 Å². The van der Waals surface area contributed by atoms with Gasteiger partial charge in [0.25, 0.3) is 0 Å². The van der Waals surface area contributed by atoms with Crippen molar-refractivity contribution >= 4 is 45.4 Å². The third kappa shape index (κ3) is 10.1. The van der Waals surface area contributed by atoms with Gasteiger partial charge in [0.15, 0.2) is 6.10 Å². The van der Waals surface area contributed by atoms with Crippen molar-refractivity contribution < 1.29 is 47.6 Å². The van der Waals surface area contributed by atoms with Crippen molar-refractivity contribution in [1.82, 2.24) is 0 Å². The lowest BCUT2D eigenvalue weighted by atomic mass is 9.97. The highest BCUT2D eigenvalue weighted by Crippen LogP contribution is 2.28. The van der Waals surface area contributed by atoms with Crippen LogP contribution in [0.1, 0.15) is 55.2 Å². The van der Waals surface area contributed by atoms with Crippen LogP contribution in [0.2, 0.25) is 0 Å². The summed E-state index contributed by atoms with van der Waals surface area (Å²) < 4.78 is 32.6. The van der Waals surface area contributed by atoms with Gasteiger partial charge in [-0.3, -0.25) is 19.2 Å². The molecule has 1 unspecified atom stereocenters. The lowest BCUT2D eigenvalue weighted by Gasteiger charge is -2.21. The Morgan fingerprint density at radius 2 is 1.02 bits per heavy atom. The molecule has 5 aromatic rings. The van der Waals surface area contributed by atoms with E-state index in [4.69, 9.17) is 28.4 Å². The molecule has 0 aliphatic rings. The van der Waals surface area contributed by atoms with Crippen LogP contribution in [0.25, 0.3) is 21.5 Å². The van der Waals surface area contributed by atoms with Gasteiger partial charge in [-0.05, 0) is 76.3 Å². The minimum atomic E-state index is -1.10. The minimum absolute atomic E-state index is 0.0913. The summed E-state index contributed by atoms with van der Waals surface area (Å²) >= 11 is 0. The Morgan fingerprint density at radius 3 is 1.58 bits per heavy atom. The Bertz CT molecular complexity index is 2020. The first-order valence-electron chi connectivity index (χ1n) is 17.0. The van der Waals surface area contributed by atoms with Gasteiger partial charge >= 0.3 is 23.9 Å². The first-order chi connectivity index (χ1) is 25.1. The van der Waals surface area contributed by atoms with Crippen LogP contribution in [0.5, 0.6) is 11.5 Å². The van der Waals surface area contributed by atoms with Gasteiger partial charge in [0.2, 0.25) is 0 Å². The SMILES string of the molecule is COc1ccc2cc([C@H](C)C(=O)OCC(COC(=O)CCC(=O)OCc3ccccc3)OC(=O)[C@@H](C)c3ccc4cc(OC)ccc4c3)ccc2c1. The number of hydrogen-bond donors (Lipinski definition) is 0. The fourth-order valence-electron chi connectivity index (χ4n) is 5.50. The van der Waals surface area contributed by atoms with E-state index in [1.165, 1.54) is 0 Å². The summed E-state index contributed by atoms with van der Waals surface area (Å²) in [5, 5.41) is 3.76. The van der Waals surface area contributed by atoms with Crippen LogP contribution in [-0.2, 0) is 44.7 Å². The molecule has 0 aromatic heterocycles. The van der Waals surface area contributed by atoms with Gasteiger partial charge in [-0.15, -0.1) is 0 Å². The van der Waals surface area contributed by atoms with Crippen molar-refractivity contribution in [3.63, 3.8) is 0 Å². The van der Waals surface area contributed by atoms with Crippen molar-refractivity contribution in [3.8, 4) is 11.5 Å². The van der Waals surface area contributed by atoms with Crippen molar-refractivity contribution in [2.45, 2.75) is 51.2 Å². The molecule has 0 saturated carbocycles. The molecule has 3 atom stereocenters. The summed E-state index contributed by atoms with van der Waals surface area (Å²) in [6.45, 7) is 2.79. The highest BCUT2D eigenvalue weighted by molar-refractivity contribution is 5.88. The van der Waals surface area contributed by atoms with Crippen LogP contribution in [0, 0.1) is 0 Å². The number of methoxy groups -OCH3 is 2. The largest absolute Gasteiger partial charge is 0.497 e. The van der Waals surface area contributed by atoms with E-state index in [9.17, 15) is 19.2 Å². The second-order valence-electron chi connectivity index (χ2n) is 12.4. The van der Waals surface area contributed by atoms with Crippen molar-refractivity contribution in [3.05, 3.63) is 120 Å². The summed E-state index contributed by atoms with van der Waals surface area (Å²) in [5.41, 5.74) is 2.28. The van der Waals surface area contributed by atoms with E-state index in [0.717, 1.165) is 44.2 Å². The number of benzene rings is 5. The van der Waals surface area contributed by atoms with Gasteiger partial charge in [0.1, 0.15) is 31.3 Å². The molecule has 0 aliphatic heterocycles. The Balaban J connectivity index is 1.21. The Labute approximate surface area is 302 Å². The molecule has 0 aliphatic carbocycles. The number of fused-ring (bicyclic) bond motifs is 2. The zero-order chi connectivity index (χ0) is 37.0. The monoisotopic (exact) mass is 706 g/mol. The highest BCUT2D eigenvalue weighted by Gasteiger charge is 2.26. The van der Waals surface area contributed by atoms with Crippen LogP contribution in [-0.4, -0.2) is 57.4 Å². The maximum Gasteiger partial charge on any atom is 0.313 e. The average Bonchev–Trinajstić information content (AvgIpc) is 3.18. The van der Waals surface area contributed by atoms with E-state index >= 15 is 0 Å². The zero-order valence-corrected chi connectivity index (χ0v) is 29.7. The predicted octanol–water partition coefficient (Wildman–Crippen LogP) is 7.44. The molecule has 10 nitrogen and oxygen atoms in total. The second-order valence-corrected chi connectivity index (χ2v) is 12.4. The maximum atomic E-state index is 13.4. The summed E-state index contributed by atoms with van der Waals surface area (Å²) in [5.74, 6) is -2.25. The molecule has 0 heterocycles. The van der Waals surface area contributed by atoms with Gasteiger partial charge in [0.05, 0.1) is 38.9 Å². The molecule has 5 rings (SSSR count). The number of carbonyl (C=O) groups is 4. The Hall–Kier alpha value is -5.90. The average molecular weight is 707 g/mol. The smallest absolute Gasteiger partial charge is 0.313 e. The highest BCUT2D eigenvalue weighted by atomic mass is 16.6. The van der Waals surface area contributed by atoms with Crippen molar-refractivity contribution in [2.75, 3.05) is 27.4 Å².